The molecule has 58 valence electrons. The van der Waals surface area contributed by atoms with Crippen LogP contribution in [0.1, 0.15) is 26.2 Å². The average Bonchev–Trinajstić information content (AvgIpc) is 1.98. The Balaban J connectivity index is 3.08. The molecule has 10 heavy (non-hydrogen) atoms. The van der Waals surface area contributed by atoms with E-state index in [4.69, 9.17) is 11.5 Å². The fraction of sp³-hybridized carbons (Fsp3) is 0.750. The van der Waals surface area contributed by atoms with Gasteiger partial charge in [0, 0.05) is 12.5 Å². The quantitative estimate of drug-likeness (QED) is 0.342. The van der Waals surface area contributed by atoms with Gasteiger partial charge in [0.15, 0.2) is 0 Å². The smallest absolute Gasteiger partial charge is 0.0107 e. The second kappa shape index (κ2) is 6.44. The first-order valence-electron chi connectivity index (χ1n) is 3.69. The molecule has 0 radical (unpaired) electrons. The maximum Gasteiger partial charge on any atom is 0.0107 e. The van der Waals surface area contributed by atoms with Crippen LogP contribution in [0.25, 0.3) is 0 Å². The van der Waals surface area contributed by atoms with E-state index in [1.54, 1.807) is 0 Å². The summed E-state index contributed by atoms with van der Waals surface area (Å²) in [4.78, 5) is 0. The zero-order valence-corrected chi connectivity index (χ0v) is 6.56. The Labute approximate surface area is 63.0 Å². The zero-order valence-electron chi connectivity index (χ0n) is 6.56. The van der Waals surface area contributed by atoms with Crippen LogP contribution in [-0.4, -0.2) is 6.54 Å². The molecule has 0 amide bonds. The SMILES string of the molecule is CC(CN)CCCC#CN. The van der Waals surface area contributed by atoms with E-state index in [9.17, 15) is 0 Å². The summed E-state index contributed by atoms with van der Waals surface area (Å²) in [6, 6.07) is 2.38. The number of unbranched alkanes of at least 4 members (excludes halogenated alkanes) is 1. The third kappa shape index (κ3) is 5.46. The predicted molar refractivity (Wildman–Crippen MR) is 44.0 cm³/mol. The highest BCUT2D eigenvalue weighted by Crippen LogP contribution is 2.04. The molecule has 0 aromatic rings. The van der Waals surface area contributed by atoms with Crippen molar-refractivity contribution in [2.24, 2.45) is 17.4 Å². The molecule has 0 spiro atoms. The van der Waals surface area contributed by atoms with Crippen LogP contribution < -0.4 is 11.5 Å². The van der Waals surface area contributed by atoms with Crippen LogP contribution in [-0.2, 0) is 0 Å². The predicted octanol–water partition coefficient (Wildman–Crippen LogP) is 0.671. The van der Waals surface area contributed by atoms with Gasteiger partial charge in [-0.25, -0.2) is 0 Å². The lowest BCUT2D eigenvalue weighted by Crippen LogP contribution is -2.10. The lowest BCUT2D eigenvalue weighted by atomic mass is 10.1. The third-order valence-corrected chi connectivity index (χ3v) is 1.50. The van der Waals surface area contributed by atoms with Gasteiger partial charge in [-0.2, -0.15) is 0 Å². The second-order valence-corrected chi connectivity index (χ2v) is 2.55. The van der Waals surface area contributed by atoms with Crippen molar-refractivity contribution in [2.45, 2.75) is 26.2 Å². The molecule has 0 saturated heterocycles. The summed E-state index contributed by atoms with van der Waals surface area (Å²) in [6.07, 6.45) is 3.18. The molecule has 1 unspecified atom stereocenters. The minimum Gasteiger partial charge on any atom is -0.359 e. The van der Waals surface area contributed by atoms with Crippen molar-refractivity contribution in [3.05, 3.63) is 0 Å². The molecular formula is C8H16N2. The van der Waals surface area contributed by atoms with Crippen LogP contribution >= 0.6 is 0 Å². The monoisotopic (exact) mass is 140 g/mol. The van der Waals surface area contributed by atoms with Gasteiger partial charge in [-0.3, -0.25) is 0 Å². The topological polar surface area (TPSA) is 52.0 Å². The molecule has 0 heterocycles. The van der Waals surface area contributed by atoms with E-state index >= 15 is 0 Å². The Hall–Kier alpha value is -0.680. The van der Waals surface area contributed by atoms with Gasteiger partial charge in [-0.1, -0.05) is 12.8 Å². The lowest BCUT2D eigenvalue weighted by Gasteiger charge is -2.04. The van der Waals surface area contributed by atoms with Crippen molar-refractivity contribution in [1.29, 1.82) is 0 Å². The first kappa shape index (κ1) is 9.32. The summed E-state index contributed by atoms with van der Waals surface area (Å²) >= 11 is 0. The molecule has 0 saturated carbocycles. The largest absolute Gasteiger partial charge is 0.359 e. The van der Waals surface area contributed by atoms with Crippen LogP contribution in [0.3, 0.4) is 0 Å². The van der Waals surface area contributed by atoms with E-state index in [1.165, 1.54) is 0 Å². The summed E-state index contributed by atoms with van der Waals surface area (Å²) in [5, 5.41) is 0. The Morgan fingerprint density at radius 1 is 1.50 bits per heavy atom. The van der Waals surface area contributed by atoms with Gasteiger partial charge in [0.1, 0.15) is 0 Å². The van der Waals surface area contributed by atoms with Crippen molar-refractivity contribution in [1.82, 2.24) is 0 Å². The van der Waals surface area contributed by atoms with Crippen molar-refractivity contribution < 1.29 is 0 Å². The van der Waals surface area contributed by atoms with Gasteiger partial charge in [0.25, 0.3) is 0 Å². The van der Waals surface area contributed by atoms with Gasteiger partial charge in [-0.05, 0) is 25.3 Å². The summed E-state index contributed by atoms with van der Waals surface area (Å²) in [5.74, 6) is 3.44. The van der Waals surface area contributed by atoms with Gasteiger partial charge in [-0.15, -0.1) is 0 Å². The average molecular weight is 140 g/mol. The van der Waals surface area contributed by atoms with Gasteiger partial charge >= 0.3 is 0 Å². The van der Waals surface area contributed by atoms with E-state index in [1.807, 2.05) is 0 Å². The Morgan fingerprint density at radius 3 is 2.70 bits per heavy atom. The van der Waals surface area contributed by atoms with Gasteiger partial charge in [0.2, 0.25) is 0 Å². The number of nitrogens with two attached hydrogens (primary N) is 2. The standard InChI is InChI=1S/C8H16N2/c1-8(7-10)5-3-2-4-6-9/h8H,2-3,5,7,9-10H2,1H3. The van der Waals surface area contributed by atoms with Crippen LogP contribution in [0.15, 0.2) is 0 Å². The molecule has 0 aromatic heterocycles. The van der Waals surface area contributed by atoms with Crippen LogP contribution in [0, 0.1) is 17.9 Å². The molecule has 2 nitrogen and oxygen atoms in total. The van der Waals surface area contributed by atoms with Crippen molar-refractivity contribution in [2.75, 3.05) is 6.54 Å². The molecule has 0 rings (SSSR count). The highest BCUT2D eigenvalue weighted by Gasteiger charge is 1.95. The van der Waals surface area contributed by atoms with E-state index in [0.29, 0.717) is 5.92 Å². The van der Waals surface area contributed by atoms with E-state index in [-0.39, 0.29) is 0 Å². The summed E-state index contributed by atoms with van der Waals surface area (Å²) in [5.41, 5.74) is 10.4. The van der Waals surface area contributed by atoms with Crippen LogP contribution in [0.5, 0.6) is 0 Å². The van der Waals surface area contributed by atoms with Crippen molar-refractivity contribution >= 4 is 0 Å². The maximum absolute atomic E-state index is 5.43. The minimum absolute atomic E-state index is 0.625. The lowest BCUT2D eigenvalue weighted by molar-refractivity contribution is 0.526. The van der Waals surface area contributed by atoms with Gasteiger partial charge in [0.05, 0.1) is 0 Å². The number of hydrogen-bond acceptors (Lipinski definition) is 2. The van der Waals surface area contributed by atoms with Crippen molar-refractivity contribution in [3.63, 3.8) is 0 Å². The van der Waals surface area contributed by atoms with Crippen molar-refractivity contribution in [3.8, 4) is 12.0 Å². The van der Waals surface area contributed by atoms with E-state index in [0.717, 1.165) is 25.8 Å². The minimum atomic E-state index is 0.625. The Bertz CT molecular complexity index is 121. The third-order valence-electron chi connectivity index (χ3n) is 1.50. The number of hydrogen-bond donors (Lipinski definition) is 2. The molecule has 0 fully saturated rings. The molecule has 0 bridgehead atoms. The molecule has 0 aliphatic rings. The maximum atomic E-state index is 5.43. The second-order valence-electron chi connectivity index (χ2n) is 2.55. The highest BCUT2D eigenvalue weighted by atomic mass is 14.5. The Morgan fingerprint density at radius 2 is 2.20 bits per heavy atom. The fourth-order valence-corrected chi connectivity index (χ4v) is 0.729. The Kier molecular flexibility index (Phi) is 6.00. The normalized spacial score (nSPS) is 11.8. The first-order valence-corrected chi connectivity index (χ1v) is 3.69. The molecule has 1 atom stereocenters. The highest BCUT2D eigenvalue weighted by molar-refractivity contribution is 4.93. The summed E-state index contributed by atoms with van der Waals surface area (Å²) < 4.78 is 0. The molecular weight excluding hydrogens is 124 g/mol. The molecule has 0 aromatic carbocycles. The first-order chi connectivity index (χ1) is 4.81. The molecule has 2 heteroatoms. The van der Waals surface area contributed by atoms with Crippen LogP contribution in [0.2, 0.25) is 0 Å². The van der Waals surface area contributed by atoms with E-state index in [2.05, 4.69) is 18.9 Å². The van der Waals surface area contributed by atoms with Gasteiger partial charge < -0.3 is 11.5 Å². The summed E-state index contributed by atoms with van der Waals surface area (Å²) in [7, 11) is 0. The van der Waals surface area contributed by atoms with Crippen LogP contribution in [0.4, 0.5) is 0 Å². The molecule has 0 aliphatic carbocycles. The summed E-state index contributed by atoms with van der Waals surface area (Å²) in [6.45, 7) is 2.92. The van der Waals surface area contributed by atoms with E-state index < -0.39 is 0 Å². The fourth-order valence-electron chi connectivity index (χ4n) is 0.729. The number of rotatable bonds is 4. The molecule has 4 N–H and O–H groups in total. The molecule has 0 aliphatic heterocycles. The zero-order chi connectivity index (χ0) is 7.82.